The molecule has 1 aromatic carbocycles. The van der Waals surface area contributed by atoms with Crippen molar-refractivity contribution in [1.29, 1.82) is 0 Å². The molecule has 0 radical (unpaired) electrons. The standard InChI is InChI=1S/C15H24N2OS/c1-4-8-16-14-7-6-13(11-12(14)2)15(18)17-9-5-10-19-3/h6-7,11,16H,4-5,8-10H2,1-3H3,(H,17,18). The van der Waals surface area contributed by atoms with Crippen LogP contribution in [-0.2, 0) is 0 Å². The Morgan fingerprint density at radius 3 is 2.74 bits per heavy atom. The Morgan fingerprint density at radius 1 is 1.32 bits per heavy atom. The Balaban J connectivity index is 2.54. The van der Waals surface area contributed by atoms with E-state index >= 15 is 0 Å². The van der Waals surface area contributed by atoms with Gasteiger partial charge in [0, 0.05) is 24.3 Å². The van der Waals surface area contributed by atoms with Crippen molar-refractivity contribution in [3.63, 3.8) is 0 Å². The molecule has 0 fully saturated rings. The first-order valence-electron chi connectivity index (χ1n) is 6.80. The van der Waals surface area contributed by atoms with Gasteiger partial charge >= 0.3 is 0 Å². The SMILES string of the molecule is CCCNc1ccc(C(=O)NCCCSC)cc1C. The van der Waals surface area contributed by atoms with Crippen molar-refractivity contribution in [3.05, 3.63) is 29.3 Å². The Kier molecular flexibility index (Phi) is 7.41. The van der Waals surface area contributed by atoms with E-state index in [2.05, 4.69) is 23.8 Å². The molecule has 0 bridgehead atoms. The van der Waals surface area contributed by atoms with E-state index in [-0.39, 0.29) is 5.91 Å². The summed E-state index contributed by atoms with van der Waals surface area (Å²) in [6, 6.07) is 5.82. The van der Waals surface area contributed by atoms with Crippen LogP contribution in [0.2, 0.25) is 0 Å². The van der Waals surface area contributed by atoms with Gasteiger partial charge in [-0.3, -0.25) is 4.79 Å². The highest BCUT2D eigenvalue weighted by Crippen LogP contribution is 2.16. The molecule has 0 unspecified atom stereocenters. The van der Waals surface area contributed by atoms with Gasteiger partial charge in [0.1, 0.15) is 0 Å². The number of hydrogen-bond donors (Lipinski definition) is 2. The van der Waals surface area contributed by atoms with Gasteiger partial charge in [-0.1, -0.05) is 6.92 Å². The predicted molar refractivity (Wildman–Crippen MR) is 85.3 cm³/mol. The topological polar surface area (TPSA) is 41.1 Å². The van der Waals surface area contributed by atoms with Gasteiger partial charge in [0.25, 0.3) is 5.91 Å². The second kappa shape index (κ2) is 8.86. The van der Waals surface area contributed by atoms with Crippen molar-refractivity contribution in [1.82, 2.24) is 5.32 Å². The van der Waals surface area contributed by atoms with Crippen molar-refractivity contribution in [2.45, 2.75) is 26.7 Å². The number of amides is 1. The molecule has 0 saturated heterocycles. The van der Waals surface area contributed by atoms with E-state index in [9.17, 15) is 4.79 Å². The van der Waals surface area contributed by atoms with E-state index in [0.29, 0.717) is 0 Å². The van der Waals surface area contributed by atoms with E-state index in [1.807, 2.05) is 25.1 Å². The second-order valence-electron chi connectivity index (χ2n) is 4.56. The predicted octanol–water partition coefficient (Wildman–Crippen LogP) is 3.30. The minimum absolute atomic E-state index is 0.0197. The Hall–Kier alpha value is -1.16. The van der Waals surface area contributed by atoms with Crippen molar-refractivity contribution < 1.29 is 4.79 Å². The number of nitrogens with one attached hydrogen (secondary N) is 2. The summed E-state index contributed by atoms with van der Waals surface area (Å²) in [6.45, 7) is 5.87. The molecular formula is C15H24N2OS. The molecule has 1 amide bonds. The van der Waals surface area contributed by atoms with Crippen LogP contribution < -0.4 is 10.6 Å². The average molecular weight is 280 g/mol. The molecule has 1 rings (SSSR count). The Bertz CT molecular complexity index is 407. The molecule has 4 heteroatoms. The molecule has 0 spiro atoms. The third-order valence-electron chi connectivity index (χ3n) is 2.86. The van der Waals surface area contributed by atoms with Gasteiger partial charge < -0.3 is 10.6 Å². The summed E-state index contributed by atoms with van der Waals surface area (Å²) in [5, 5.41) is 6.31. The maximum Gasteiger partial charge on any atom is 0.251 e. The van der Waals surface area contributed by atoms with Crippen LogP contribution in [0.15, 0.2) is 18.2 Å². The Labute approximate surface area is 120 Å². The van der Waals surface area contributed by atoms with E-state index < -0.39 is 0 Å². The van der Waals surface area contributed by atoms with Crippen LogP contribution in [0.25, 0.3) is 0 Å². The lowest BCUT2D eigenvalue weighted by atomic mass is 10.1. The second-order valence-corrected chi connectivity index (χ2v) is 5.54. The van der Waals surface area contributed by atoms with Crippen molar-refractivity contribution in [2.24, 2.45) is 0 Å². The van der Waals surface area contributed by atoms with E-state index in [4.69, 9.17) is 0 Å². The number of hydrogen-bond acceptors (Lipinski definition) is 3. The molecule has 19 heavy (non-hydrogen) atoms. The highest BCUT2D eigenvalue weighted by atomic mass is 32.2. The summed E-state index contributed by atoms with van der Waals surface area (Å²) in [5.74, 6) is 1.10. The maximum absolute atomic E-state index is 11.9. The van der Waals surface area contributed by atoms with Crippen LogP contribution in [0.1, 0.15) is 35.7 Å². The number of benzene rings is 1. The summed E-state index contributed by atoms with van der Waals surface area (Å²) in [7, 11) is 0. The van der Waals surface area contributed by atoms with Crippen molar-refractivity contribution in [2.75, 3.05) is 30.4 Å². The summed E-state index contributed by atoms with van der Waals surface area (Å²) in [4.78, 5) is 11.9. The fourth-order valence-electron chi connectivity index (χ4n) is 1.78. The molecule has 0 aliphatic carbocycles. The zero-order valence-electron chi connectivity index (χ0n) is 12.1. The summed E-state index contributed by atoms with van der Waals surface area (Å²) in [5.41, 5.74) is 2.97. The van der Waals surface area contributed by atoms with Gasteiger partial charge in [0.15, 0.2) is 0 Å². The molecule has 106 valence electrons. The zero-order chi connectivity index (χ0) is 14.1. The molecule has 0 atom stereocenters. The molecule has 0 heterocycles. The quantitative estimate of drug-likeness (QED) is 0.718. The van der Waals surface area contributed by atoms with Crippen molar-refractivity contribution in [3.8, 4) is 0 Å². The van der Waals surface area contributed by atoms with Gasteiger partial charge in [0.05, 0.1) is 0 Å². The highest BCUT2D eigenvalue weighted by molar-refractivity contribution is 7.98. The third kappa shape index (κ3) is 5.55. The van der Waals surface area contributed by atoms with Crippen molar-refractivity contribution >= 4 is 23.4 Å². The van der Waals surface area contributed by atoms with Crippen LogP contribution in [-0.4, -0.2) is 31.0 Å². The van der Waals surface area contributed by atoms with Gasteiger partial charge in [-0.2, -0.15) is 11.8 Å². The molecular weight excluding hydrogens is 256 g/mol. The number of rotatable bonds is 8. The van der Waals surface area contributed by atoms with E-state index in [0.717, 1.165) is 48.5 Å². The van der Waals surface area contributed by atoms with Crippen LogP contribution in [0.3, 0.4) is 0 Å². The first-order valence-corrected chi connectivity index (χ1v) is 8.20. The van der Waals surface area contributed by atoms with Crippen LogP contribution in [0.4, 0.5) is 5.69 Å². The minimum atomic E-state index is 0.0197. The summed E-state index contributed by atoms with van der Waals surface area (Å²) >= 11 is 1.80. The fraction of sp³-hybridized carbons (Fsp3) is 0.533. The van der Waals surface area contributed by atoms with Crippen LogP contribution in [0.5, 0.6) is 0 Å². The monoisotopic (exact) mass is 280 g/mol. The fourth-order valence-corrected chi connectivity index (χ4v) is 2.22. The van der Waals surface area contributed by atoms with Gasteiger partial charge in [-0.25, -0.2) is 0 Å². The largest absolute Gasteiger partial charge is 0.385 e. The highest BCUT2D eigenvalue weighted by Gasteiger charge is 2.06. The molecule has 0 aliphatic rings. The molecule has 0 aliphatic heterocycles. The minimum Gasteiger partial charge on any atom is -0.385 e. The van der Waals surface area contributed by atoms with Gasteiger partial charge in [0.2, 0.25) is 0 Å². The third-order valence-corrected chi connectivity index (χ3v) is 3.56. The first-order chi connectivity index (χ1) is 9.19. The molecule has 2 N–H and O–H groups in total. The van der Waals surface area contributed by atoms with Gasteiger partial charge in [-0.05, 0) is 55.5 Å². The number of aryl methyl sites for hydroxylation is 1. The zero-order valence-corrected chi connectivity index (χ0v) is 12.9. The number of anilines is 1. The number of carbonyl (C=O) groups is 1. The van der Waals surface area contributed by atoms with Crippen LogP contribution >= 0.6 is 11.8 Å². The van der Waals surface area contributed by atoms with Gasteiger partial charge in [-0.15, -0.1) is 0 Å². The number of thioether (sulfide) groups is 1. The smallest absolute Gasteiger partial charge is 0.251 e. The lowest BCUT2D eigenvalue weighted by molar-refractivity contribution is 0.0953. The molecule has 0 aromatic heterocycles. The molecule has 1 aromatic rings. The van der Waals surface area contributed by atoms with Crippen LogP contribution in [0, 0.1) is 6.92 Å². The summed E-state index contributed by atoms with van der Waals surface area (Å²) in [6.07, 6.45) is 4.19. The lowest BCUT2D eigenvalue weighted by Gasteiger charge is -2.10. The maximum atomic E-state index is 11.9. The number of carbonyl (C=O) groups excluding carboxylic acids is 1. The lowest BCUT2D eigenvalue weighted by Crippen LogP contribution is -2.24. The summed E-state index contributed by atoms with van der Waals surface area (Å²) < 4.78 is 0. The Morgan fingerprint density at radius 2 is 2.11 bits per heavy atom. The van der Waals surface area contributed by atoms with E-state index in [1.165, 1.54) is 0 Å². The molecule has 3 nitrogen and oxygen atoms in total. The normalized spacial score (nSPS) is 10.3. The first kappa shape index (κ1) is 15.9. The molecule has 0 saturated carbocycles. The average Bonchev–Trinajstić information content (AvgIpc) is 2.42. The van der Waals surface area contributed by atoms with E-state index in [1.54, 1.807) is 11.8 Å².